The highest BCUT2D eigenvalue weighted by atomic mass is 35.5. The van der Waals surface area contributed by atoms with Crippen LogP contribution in [0.1, 0.15) is 48.3 Å². The molecule has 1 atom stereocenters. The van der Waals surface area contributed by atoms with Gasteiger partial charge in [-0.3, -0.25) is 14.2 Å². The van der Waals surface area contributed by atoms with Gasteiger partial charge in [-0.05, 0) is 79.3 Å². The molecule has 3 heterocycles. The molecule has 212 valence electrons. The van der Waals surface area contributed by atoms with E-state index in [1.54, 1.807) is 17.9 Å². The summed E-state index contributed by atoms with van der Waals surface area (Å²) in [6.45, 7) is 5.73. The molecule has 4 aromatic rings. The summed E-state index contributed by atoms with van der Waals surface area (Å²) in [5, 5.41) is 0.355. The van der Waals surface area contributed by atoms with E-state index in [4.69, 9.17) is 17.3 Å². The van der Waals surface area contributed by atoms with Crippen molar-refractivity contribution in [1.29, 1.82) is 0 Å². The summed E-state index contributed by atoms with van der Waals surface area (Å²) in [7, 11) is 0. The van der Waals surface area contributed by atoms with Gasteiger partial charge in [-0.1, -0.05) is 36.1 Å². The normalized spacial score (nSPS) is 16.4. The lowest BCUT2D eigenvalue weighted by molar-refractivity contribution is -0.126. The number of rotatable bonds is 4. The standard InChI is InChI=1S/C32H26ClF2N5O2/c1-17-25(29-24(30(36)38-16-37-29)8-7-23-4-3-10-39(23)31(41)18(2)33)14-22(34)15-27(17)40-11-9-20-12-21(19-5-6-19)13-26(35)28(20)32(40)42/h9,11-16,19,23H,2-6,10H2,1H3,(H2,36,37,38)/t23-/m0/s1. The zero-order valence-corrected chi connectivity index (χ0v) is 23.5. The maximum Gasteiger partial charge on any atom is 0.265 e. The predicted molar refractivity (Wildman–Crippen MR) is 158 cm³/mol. The number of nitrogen functional groups attached to an aromatic ring is 1. The van der Waals surface area contributed by atoms with Crippen LogP contribution in [0.2, 0.25) is 0 Å². The van der Waals surface area contributed by atoms with Gasteiger partial charge >= 0.3 is 0 Å². The minimum atomic E-state index is -0.633. The molecular formula is C32H26ClF2N5O2. The molecule has 2 fully saturated rings. The lowest BCUT2D eigenvalue weighted by Gasteiger charge is -2.20. The molecule has 0 spiro atoms. The van der Waals surface area contributed by atoms with Crippen LogP contribution >= 0.6 is 11.6 Å². The van der Waals surface area contributed by atoms with Crippen LogP contribution in [-0.4, -0.2) is 37.9 Å². The van der Waals surface area contributed by atoms with Gasteiger partial charge in [0.25, 0.3) is 11.5 Å². The second-order valence-electron chi connectivity index (χ2n) is 10.6. The molecule has 2 N–H and O–H groups in total. The minimum absolute atomic E-state index is 0.0553. The third-order valence-electron chi connectivity index (χ3n) is 7.87. The highest BCUT2D eigenvalue weighted by molar-refractivity contribution is 6.41. The van der Waals surface area contributed by atoms with Gasteiger partial charge in [0.15, 0.2) is 0 Å². The molecule has 0 unspecified atom stereocenters. The Labute approximate surface area is 245 Å². The molecule has 2 aromatic carbocycles. The van der Waals surface area contributed by atoms with E-state index in [0.29, 0.717) is 35.4 Å². The van der Waals surface area contributed by atoms with Gasteiger partial charge in [0.1, 0.15) is 23.8 Å². The second-order valence-corrected chi connectivity index (χ2v) is 11.1. The number of fused-ring (bicyclic) bond motifs is 1. The number of carbonyl (C=O) groups excluding carboxylic acids is 1. The number of anilines is 1. The monoisotopic (exact) mass is 585 g/mol. The fourth-order valence-electron chi connectivity index (χ4n) is 5.55. The van der Waals surface area contributed by atoms with Crippen molar-refractivity contribution in [3.63, 3.8) is 0 Å². The number of hydrogen-bond acceptors (Lipinski definition) is 5. The van der Waals surface area contributed by atoms with Gasteiger partial charge in [0.2, 0.25) is 0 Å². The van der Waals surface area contributed by atoms with Crippen molar-refractivity contribution in [1.82, 2.24) is 19.4 Å². The Morgan fingerprint density at radius 1 is 1.17 bits per heavy atom. The first kappa shape index (κ1) is 27.6. The summed E-state index contributed by atoms with van der Waals surface area (Å²) in [6, 6.07) is 7.02. The van der Waals surface area contributed by atoms with Crippen LogP contribution in [-0.2, 0) is 4.79 Å². The Kier molecular flexibility index (Phi) is 7.03. The van der Waals surface area contributed by atoms with Crippen molar-refractivity contribution in [3.8, 4) is 28.8 Å². The molecule has 1 saturated heterocycles. The number of halogens is 3. The van der Waals surface area contributed by atoms with E-state index in [-0.39, 0.29) is 33.2 Å². The highest BCUT2D eigenvalue weighted by Gasteiger charge is 2.29. The lowest BCUT2D eigenvalue weighted by atomic mass is 9.99. The summed E-state index contributed by atoms with van der Waals surface area (Å²) in [6.07, 6.45) is 6.17. The lowest BCUT2D eigenvalue weighted by Crippen LogP contribution is -2.34. The number of hydrogen-bond donors (Lipinski definition) is 1. The van der Waals surface area contributed by atoms with Crippen LogP contribution in [0.5, 0.6) is 0 Å². The number of likely N-dealkylation sites (tertiary alicyclic amines) is 1. The van der Waals surface area contributed by atoms with Crippen molar-refractivity contribution in [2.24, 2.45) is 0 Å². The average Bonchev–Trinajstić information content (AvgIpc) is 3.71. The molecule has 10 heteroatoms. The molecule has 1 aliphatic heterocycles. The fourth-order valence-corrected chi connectivity index (χ4v) is 5.66. The highest BCUT2D eigenvalue weighted by Crippen LogP contribution is 2.41. The SMILES string of the molecule is C=C(Cl)C(=O)N1CCC[C@H]1C#Cc1c(N)ncnc1-c1cc(F)cc(-n2ccc3cc(C4CC4)cc(F)c3c2=O)c1C. The second kappa shape index (κ2) is 10.7. The van der Waals surface area contributed by atoms with Gasteiger partial charge in [-0.15, -0.1) is 0 Å². The molecule has 2 aliphatic rings. The maximum atomic E-state index is 15.2. The first-order valence-corrected chi connectivity index (χ1v) is 13.9. The van der Waals surface area contributed by atoms with Crippen LogP contribution < -0.4 is 11.3 Å². The topological polar surface area (TPSA) is 94.1 Å². The van der Waals surface area contributed by atoms with Crippen molar-refractivity contribution in [2.45, 2.75) is 44.6 Å². The third-order valence-corrected chi connectivity index (χ3v) is 8.04. The molecule has 42 heavy (non-hydrogen) atoms. The molecule has 1 saturated carbocycles. The molecule has 1 aliphatic carbocycles. The van der Waals surface area contributed by atoms with Gasteiger partial charge in [0.05, 0.1) is 33.4 Å². The van der Waals surface area contributed by atoms with E-state index >= 15 is 8.78 Å². The summed E-state index contributed by atoms with van der Waals surface area (Å²) in [5.74, 6) is 4.86. The minimum Gasteiger partial charge on any atom is -0.383 e. The van der Waals surface area contributed by atoms with Crippen LogP contribution in [0.4, 0.5) is 14.6 Å². The number of benzene rings is 2. The summed E-state index contributed by atoms with van der Waals surface area (Å²) < 4.78 is 31.6. The molecular weight excluding hydrogens is 560 g/mol. The molecule has 6 rings (SSSR count). The van der Waals surface area contributed by atoms with Gasteiger partial charge in [-0.2, -0.15) is 0 Å². The number of amides is 1. The molecule has 2 aromatic heterocycles. The van der Waals surface area contributed by atoms with Crippen LogP contribution in [0.15, 0.2) is 59.3 Å². The Morgan fingerprint density at radius 2 is 1.95 bits per heavy atom. The van der Waals surface area contributed by atoms with E-state index in [9.17, 15) is 9.59 Å². The molecule has 7 nitrogen and oxygen atoms in total. The Balaban J connectivity index is 1.45. The number of nitrogens with zero attached hydrogens (tertiary/aromatic N) is 4. The summed E-state index contributed by atoms with van der Waals surface area (Å²) in [4.78, 5) is 36.0. The maximum absolute atomic E-state index is 15.2. The number of nitrogens with two attached hydrogens (primary N) is 1. The zero-order chi connectivity index (χ0) is 29.7. The van der Waals surface area contributed by atoms with Crippen LogP contribution in [0, 0.1) is 30.4 Å². The van der Waals surface area contributed by atoms with Crippen molar-refractivity contribution in [3.05, 3.63) is 93.1 Å². The first-order valence-electron chi connectivity index (χ1n) is 13.6. The van der Waals surface area contributed by atoms with E-state index < -0.39 is 29.1 Å². The van der Waals surface area contributed by atoms with Gasteiger partial charge in [0, 0.05) is 18.3 Å². The molecule has 0 bridgehead atoms. The van der Waals surface area contributed by atoms with Crippen molar-refractivity contribution in [2.75, 3.05) is 12.3 Å². The Hall–Kier alpha value is -4.55. The number of pyridine rings is 1. The largest absolute Gasteiger partial charge is 0.383 e. The van der Waals surface area contributed by atoms with E-state index in [2.05, 4.69) is 28.4 Å². The number of aromatic nitrogens is 3. The molecule has 1 amide bonds. The Bertz CT molecular complexity index is 1920. The van der Waals surface area contributed by atoms with E-state index in [0.717, 1.165) is 24.8 Å². The summed E-state index contributed by atoms with van der Waals surface area (Å²) in [5.41, 5.74) is 8.08. The van der Waals surface area contributed by atoms with Crippen LogP contribution in [0.3, 0.4) is 0 Å². The van der Waals surface area contributed by atoms with E-state index in [1.807, 2.05) is 6.07 Å². The van der Waals surface area contributed by atoms with Crippen molar-refractivity contribution >= 4 is 34.1 Å². The smallest absolute Gasteiger partial charge is 0.265 e. The predicted octanol–water partition coefficient (Wildman–Crippen LogP) is 5.59. The van der Waals surface area contributed by atoms with E-state index in [1.165, 1.54) is 35.3 Å². The quantitative estimate of drug-likeness (QED) is 0.249. The van der Waals surface area contributed by atoms with Gasteiger partial charge < -0.3 is 10.6 Å². The zero-order valence-electron chi connectivity index (χ0n) is 22.8. The van der Waals surface area contributed by atoms with Crippen LogP contribution in [0.25, 0.3) is 27.7 Å². The Morgan fingerprint density at radius 3 is 2.69 bits per heavy atom. The number of carbonyl (C=O) groups is 1. The summed E-state index contributed by atoms with van der Waals surface area (Å²) >= 11 is 5.84. The first-order chi connectivity index (χ1) is 20.1. The third kappa shape index (κ3) is 4.92. The average molecular weight is 586 g/mol. The van der Waals surface area contributed by atoms with Crippen molar-refractivity contribution < 1.29 is 13.6 Å². The fraction of sp³-hybridized carbons (Fsp3) is 0.250. The molecule has 0 radical (unpaired) electrons. The van der Waals surface area contributed by atoms with Gasteiger partial charge in [-0.25, -0.2) is 18.7 Å².